The topological polar surface area (TPSA) is 66.6 Å². The van der Waals surface area contributed by atoms with Crippen molar-refractivity contribution in [2.75, 3.05) is 17.2 Å². The second-order valence-corrected chi connectivity index (χ2v) is 4.71. The smallest absolute Gasteiger partial charge is 0.261 e. The first-order valence-electron chi connectivity index (χ1n) is 6.69. The van der Waals surface area contributed by atoms with Gasteiger partial charge < -0.3 is 15.7 Å². The molecular weight excluding hydrogens is 271 g/mol. The monoisotopic (exact) mass is 288 g/mol. The Bertz CT molecular complexity index is 641. The summed E-state index contributed by atoms with van der Waals surface area (Å²) in [7, 11) is 0. The fourth-order valence-corrected chi connectivity index (χ4v) is 2.05. The van der Waals surface area contributed by atoms with E-state index in [0.717, 1.165) is 12.5 Å². The van der Waals surface area contributed by atoms with Crippen LogP contribution in [0.4, 0.5) is 15.8 Å². The van der Waals surface area contributed by atoms with Crippen LogP contribution < -0.4 is 10.6 Å². The lowest BCUT2D eigenvalue weighted by atomic mass is 10.1. The minimum atomic E-state index is -0.739. The number of amides is 1. The number of nitrogen functional groups attached to an aromatic ring is 1. The van der Waals surface area contributed by atoms with Crippen LogP contribution in [-0.4, -0.2) is 17.6 Å². The number of halogens is 1. The number of phenolic OH excluding ortho intramolecular Hbond substituents is 1. The zero-order valence-electron chi connectivity index (χ0n) is 11.7. The summed E-state index contributed by atoms with van der Waals surface area (Å²) in [5, 5.41) is 9.23. The van der Waals surface area contributed by atoms with Gasteiger partial charge in [-0.15, -0.1) is 0 Å². The van der Waals surface area contributed by atoms with E-state index in [4.69, 9.17) is 5.73 Å². The van der Waals surface area contributed by atoms with Crippen molar-refractivity contribution in [3.63, 3.8) is 0 Å². The van der Waals surface area contributed by atoms with E-state index in [1.54, 1.807) is 24.3 Å². The average molecular weight is 288 g/mol. The molecule has 0 bridgehead atoms. The van der Waals surface area contributed by atoms with Crippen LogP contribution in [0.2, 0.25) is 0 Å². The molecule has 0 spiro atoms. The van der Waals surface area contributed by atoms with Crippen molar-refractivity contribution in [1.29, 1.82) is 0 Å². The van der Waals surface area contributed by atoms with Crippen LogP contribution >= 0.6 is 0 Å². The van der Waals surface area contributed by atoms with Gasteiger partial charge in [-0.3, -0.25) is 4.79 Å². The number of nitrogens with two attached hydrogens (primary N) is 1. The van der Waals surface area contributed by atoms with Crippen LogP contribution in [-0.2, 0) is 0 Å². The third kappa shape index (κ3) is 3.31. The Balaban J connectivity index is 2.37. The quantitative estimate of drug-likeness (QED) is 0.849. The molecule has 4 nitrogen and oxygen atoms in total. The fraction of sp³-hybridized carbons (Fsp3) is 0.188. The summed E-state index contributed by atoms with van der Waals surface area (Å²) in [6.07, 6.45) is 0.732. The van der Waals surface area contributed by atoms with Gasteiger partial charge in [-0.05, 0) is 42.8 Å². The SMILES string of the molecule is CCCN(C(=O)c1ccc(O)cc1F)c1ccc(N)cc1. The van der Waals surface area contributed by atoms with E-state index in [-0.39, 0.29) is 11.3 Å². The zero-order chi connectivity index (χ0) is 15.4. The number of benzene rings is 2. The second-order valence-electron chi connectivity index (χ2n) is 4.71. The highest BCUT2D eigenvalue weighted by atomic mass is 19.1. The van der Waals surface area contributed by atoms with Crippen molar-refractivity contribution in [3.05, 3.63) is 53.8 Å². The van der Waals surface area contributed by atoms with Crippen molar-refractivity contribution in [1.82, 2.24) is 0 Å². The van der Waals surface area contributed by atoms with Gasteiger partial charge in [0.15, 0.2) is 0 Å². The Morgan fingerprint density at radius 1 is 1.24 bits per heavy atom. The average Bonchev–Trinajstić information content (AvgIpc) is 2.45. The summed E-state index contributed by atoms with van der Waals surface area (Å²) in [5.41, 5.74) is 6.82. The van der Waals surface area contributed by atoms with E-state index in [9.17, 15) is 14.3 Å². The van der Waals surface area contributed by atoms with Crippen molar-refractivity contribution in [2.45, 2.75) is 13.3 Å². The number of hydrogen-bond donors (Lipinski definition) is 2. The molecule has 0 fully saturated rings. The van der Waals surface area contributed by atoms with Crippen molar-refractivity contribution >= 4 is 17.3 Å². The van der Waals surface area contributed by atoms with Gasteiger partial charge in [0.05, 0.1) is 5.56 Å². The summed E-state index contributed by atoms with van der Waals surface area (Å²) < 4.78 is 13.9. The third-order valence-corrected chi connectivity index (χ3v) is 3.08. The molecule has 1 amide bonds. The molecule has 0 saturated heterocycles. The van der Waals surface area contributed by atoms with E-state index >= 15 is 0 Å². The Kier molecular flexibility index (Phi) is 4.42. The molecule has 2 rings (SSSR count). The van der Waals surface area contributed by atoms with Crippen molar-refractivity contribution in [3.8, 4) is 5.75 Å². The number of anilines is 2. The summed E-state index contributed by atoms with van der Waals surface area (Å²) in [6.45, 7) is 2.40. The van der Waals surface area contributed by atoms with Gasteiger partial charge in [0.25, 0.3) is 5.91 Å². The Hall–Kier alpha value is -2.56. The van der Waals surface area contributed by atoms with Crippen LogP contribution in [0.1, 0.15) is 23.7 Å². The van der Waals surface area contributed by atoms with E-state index in [0.29, 0.717) is 17.9 Å². The molecule has 0 aromatic heterocycles. The molecule has 0 heterocycles. The molecule has 2 aromatic rings. The van der Waals surface area contributed by atoms with E-state index < -0.39 is 11.7 Å². The summed E-state index contributed by atoms with van der Waals surface area (Å²) in [5.74, 6) is -1.39. The normalized spacial score (nSPS) is 10.4. The maximum Gasteiger partial charge on any atom is 0.261 e. The van der Waals surface area contributed by atoms with Crippen LogP contribution in [0.3, 0.4) is 0 Å². The van der Waals surface area contributed by atoms with Gasteiger partial charge in [0.1, 0.15) is 11.6 Å². The van der Waals surface area contributed by atoms with E-state index in [1.165, 1.54) is 17.0 Å². The summed E-state index contributed by atoms with van der Waals surface area (Å²) >= 11 is 0. The molecule has 0 radical (unpaired) electrons. The maximum absolute atomic E-state index is 13.9. The molecular formula is C16H17FN2O2. The van der Waals surface area contributed by atoms with Gasteiger partial charge >= 0.3 is 0 Å². The van der Waals surface area contributed by atoms with Gasteiger partial charge in [-0.1, -0.05) is 6.92 Å². The number of carbonyl (C=O) groups is 1. The minimum absolute atomic E-state index is 0.0712. The van der Waals surface area contributed by atoms with Crippen molar-refractivity contribution < 1.29 is 14.3 Å². The standard InChI is InChI=1S/C16H17FN2O2/c1-2-9-19(12-5-3-11(18)4-6-12)16(21)14-8-7-13(20)10-15(14)17/h3-8,10,20H,2,9,18H2,1H3. The van der Waals surface area contributed by atoms with Crippen LogP contribution in [0.5, 0.6) is 5.75 Å². The highest BCUT2D eigenvalue weighted by Gasteiger charge is 2.20. The molecule has 0 saturated carbocycles. The number of phenols is 1. The number of nitrogens with zero attached hydrogens (tertiary/aromatic N) is 1. The molecule has 2 aromatic carbocycles. The predicted octanol–water partition coefficient (Wildman–Crippen LogP) is 3.17. The number of aromatic hydroxyl groups is 1. The van der Waals surface area contributed by atoms with E-state index in [1.807, 2.05) is 6.92 Å². The first kappa shape index (κ1) is 14.8. The second kappa shape index (κ2) is 6.26. The van der Waals surface area contributed by atoms with Crippen molar-refractivity contribution in [2.24, 2.45) is 0 Å². The van der Waals surface area contributed by atoms with Gasteiger partial charge in [0.2, 0.25) is 0 Å². The molecule has 110 valence electrons. The Morgan fingerprint density at radius 3 is 2.48 bits per heavy atom. The lowest BCUT2D eigenvalue weighted by Crippen LogP contribution is -2.32. The predicted molar refractivity (Wildman–Crippen MR) is 80.9 cm³/mol. The first-order valence-corrected chi connectivity index (χ1v) is 6.69. The number of hydrogen-bond acceptors (Lipinski definition) is 3. The Morgan fingerprint density at radius 2 is 1.90 bits per heavy atom. The highest BCUT2D eigenvalue weighted by Crippen LogP contribution is 2.22. The Labute approximate surface area is 122 Å². The molecule has 21 heavy (non-hydrogen) atoms. The summed E-state index contributed by atoms with van der Waals surface area (Å²) in [4.78, 5) is 14.0. The first-order chi connectivity index (χ1) is 10.0. The summed E-state index contributed by atoms with van der Waals surface area (Å²) in [6, 6.07) is 10.3. The van der Waals surface area contributed by atoms with Gasteiger partial charge in [0, 0.05) is 24.0 Å². The van der Waals surface area contributed by atoms with Gasteiger partial charge in [-0.2, -0.15) is 0 Å². The minimum Gasteiger partial charge on any atom is -0.508 e. The molecule has 0 aliphatic heterocycles. The fourth-order valence-electron chi connectivity index (χ4n) is 2.05. The number of carbonyl (C=O) groups excluding carboxylic acids is 1. The molecule has 5 heteroatoms. The lowest BCUT2D eigenvalue weighted by Gasteiger charge is -2.22. The lowest BCUT2D eigenvalue weighted by molar-refractivity contribution is 0.0983. The van der Waals surface area contributed by atoms with Gasteiger partial charge in [-0.25, -0.2) is 4.39 Å². The molecule has 3 N–H and O–H groups in total. The third-order valence-electron chi connectivity index (χ3n) is 3.08. The largest absolute Gasteiger partial charge is 0.508 e. The number of rotatable bonds is 4. The van der Waals surface area contributed by atoms with Crippen LogP contribution in [0, 0.1) is 5.82 Å². The zero-order valence-corrected chi connectivity index (χ0v) is 11.7. The maximum atomic E-state index is 13.9. The van der Waals surface area contributed by atoms with E-state index in [2.05, 4.69) is 0 Å². The molecule has 0 atom stereocenters. The molecule has 0 aliphatic carbocycles. The van der Waals surface area contributed by atoms with Crippen LogP contribution in [0.25, 0.3) is 0 Å². The highest BCUT2D eigenvalue weighted by molar-refractivity contribution is 6.06. The molecule has 0 aliphatic rings. The molecule has 0 unspecified atom stereocenters. The van der Waals surface area contributed by atoms with Crippen LogP contribution in [0.15, 0.2) is 42.5 Å².